The molecule has 24 heavy (non-hydrogen) atoms. The van der Waals surface area contributed by atoms with E-state index in [4.69, 9.17) is 26.2 Å². The Labute approximate surface area is 145 Å². The maximum Gasteiger partial charge on any atom is 0.336 e. The van der Waals surface area contributed by atoms with Gasteiger partial charge in [-0.1, -0.05) is 11.6 Å². The van der Waals surface area contributed by atoms with E-state index in [-0.39, 0.29) is 22.3 Å². The summed E-state index contributed by atoms with van der Waals surface area (Å²) in [4.78, 5) is 10.6. The van der Waals surface area contributed by atoms with E-state index in [2.05, 4.69) is 0 Å². The number of aliphatic carboxylic acids is 1. The largest absolute Gasteiger partial charge is 0.487 e. The van der Waals surface area contributed by atoms with Crippen molar-refractivity contribution in [2.24, 2.45) is 0 Å². The first kappa shape index (κ1) is 20.7. The maximum absolute atomic E-state index is 12.4. The van der Waals surface area contributed by atoms with Crippen molar-refractivity contribution in [3.05, 3.63) is 23.2 Å². The third-order valence-electron chi connectivity index (χ3n) is 2.99. The molecule has 3 N–H and O–H groups in total. The molecule has 0 saturated heterocycles. The number of halogens is 1. The highest BCUT2D eigenvalue weighted by Crippen LogP contribution is 2.28. The second-order valence-corrected chi connectivity index (χ2v) is 7.55. The van der Waals surface area contributed by atoms with Gasteiger partial charge in [0, 0.05) is 12.1 Å². The number of benzene rings is 1. The summed E-state index contributed by atoms with van der Waals surface area (Å²) in [5, 5.41) is 18.6. The monoisotopic (exact) mass is 381 g/mol. The van der Waals surface area contributed by atoms with Crippen LogP contribution in [0.2, 0.25) is 5.02 Å². The quantitative estimate of drug-likeness (QED) is 0.580. The molecular weight excluding hydrogens is 362 g/mol. The summed E-state index contributed by atoms with van der Waals surface area (Å²) in [6.07, 6.45) is -0.424. The summed E-state index contributed by atoms with van der Waals surface area (Å²) in [7, 11) is -2.68. The van der Waals surface area contributed by atoms with Crippen molar-refractivity contribution in [2.45, 2.75) is 30.4 Å². The molecule has 2 unspecified atom stereocenters. The van der Waals surface area contributed by atoms with Crippen LogP contribution < -0.4 is 9.46 Å². The second kappa shape index (κ2) is 8.13. The van der Waals surface area contributed by atoms with E-state index in [1.165, 1.54) is 25.3 Å². The molecule has 1 aromatic carbocycles. The van der Waals surface area contributed by atoms with Crippen LogP contribution in [0.15, 0.2) is 23.1 Å². The molecule has 0 aliphatic carbocycles. The number of carboxylic acid groups (broad SMARTS) is 1. The fourth-order valence-corrected chi connectivity index (χ4v) is 3.19. The van der Waals surface area contributed by atoms with Gasteiger partial charge in [-0.25, -0.2) is 17.9 Å². The first-order valence-electron chi connectivity index (χ1n) is 6.90. The topological polar surface area (TPSA) is 122 Å². The fourth-order valence-electron chi connectivity index (χ4n) is 1.66. The number of ether oxygens (including phenoxy) is 2. The predicted molar refractivity (Wildman–Crippen MR) is 86.9 cm³/mol. The van der Waals surface area contributed by atoms with Gasteiger partial charge in [-0.2, -0.15) is 0 Å². The molecular formula is C14H20ClNO7S. The standard InChI is InChI=1S/C14H20ClNO7S/c1-9(7-22-3)23-11-5-4-10(15)6-12(11)24(20,21)16-8-14(2,19)13(17)18/h4-6,9,16,19H,7-8H2,1-3H3,(H,17,18). The van der Waals surface area contributed by atoms with Gasteiger partial charge in [-0.05, 0) is 32.0 Å². The number of hydrogen-bond donors (Lipinski definition) is 3. The zero-order chi connectivity index (χ0) is 18.5. The van der Waals surface area contributed by atoms with E-state index in [0.29, 0.717) is 0 Å². The van der Waals surface area contributed by atoms with Crippen molar-refractivity contribution in [3.8, 4) is 5.75 Å². The number of hydrogen-bond acceptors (Lipinski definition) is 6. The van der Waals surface area contributed by atoms with Crippen LogP contribution in [0.3, 0.4) is 0 Å². The first-order chi connectivity index (χ1) is 11.0. The Balaban J connectivity index is 3.09. The van der Waals surface area contributed by atoms with Crippen molar-refractivity contribution >= 4 is 27.6 Å². The highest BCUT2D eigenvalue weighted by molar-refractivity contribution is 7.89. The van der Waals surface area contributed by atoms with E-state index >= 15 is 0 Å². The Hall–Kier alpha value is -1.39. The number of aliphatic hydroxyl groups is 1. The molecule has 0 bridgehead atoms. The highest BCUT2D eigenvalue weighted by Gasteiger charge is 2.32. The molecule has 0 heterocycles. The maximum atomic E-state index is 12.4. The highest BCUT2D eigenvalue weighted by atomic mass is 35.5. The Morgan fingerprint density at radius 2 is 2.08 bits per heavy atom. The molecule has 1 aromatic rings. The average Bonchev–Trinajstić information content (AvgIpc) is 2.47. The molecule has 0 aliphatic heterocycles. The zero-order valence-electron chi connectivity index (χ0n) is 13.4. The average molecular weight is 382 g/mol. The normalized spacial score (nSPS) is 15.5. The van der Waals surface area contributed by atoms with Crippen LogP contribution in [0, 0.1) is 0 Å². The van der Waals surface area contributed by atoms with Gasteiger partial charge in [-0.3, -0.25) is 0 Å². The summed E-state index contributed by atoms with van der Waals surface area (Å²) < 4.78 is 37.4. The van der Waals surface area contributed by atoms with Crippen LogP contribution in [0.1, 0.15) is 13.8 Å². The van der Waals surface area contributed by atoms with Gasteiger partial charge in [0.25, 0.3) is 0 Å². The van der Waals surface area contributed by atoms with Crippen molar-refractivity contribution in [1.82, 2.24) is 4.72 Å². The summed E-state index contributed by atoms with van der Waals surface area (Å²) in [6.45, 7) is 2.19. The summed E-state index contributed by atoms with van der Waals surface area (Å²) in [6, 6.07) is 4.02. The molecule has 0 aromatic heterocycles. The minimum Gasteiger partial charge on any atom is -0.487 e. The minimum absolute atomic E-state index is 0.0337. The SMILES string of the molecule is COCC(C)Oc1ccc(Cl)cc1S(=O)(=O)NCC(C)(O)C(=O)O. The van der Waals surface area contributed by atoms with E-state index < -0.39 is 34.2 Å². The molecule has 1 rings (SSSR count). The number of sulfonamides is 1. The molecule has 10 heteroatoms. The van der Waals surface area contributed by atoms with Gasteiger partial charge in [0.15, 0.2) is 5.60 Å². The van der Waals surface area contributed by atoms with Gasteiger partial charge in [0.05, 0.1) is 13.2 Å². The molecule has 136 valence electrons. The van der Waals surface area contributed by atoms with E-state index in [1.54, 1.807) is 6.92 Å². The summed E-state index contributed by atoms with van der Waals surface area (Å²) in [5.41, 5.74) is -2.25. The van der Waals surface area contributed by atoms with Crippen molar-refractivity contribution in [3.63, 3.8) is 0 Å². The second-order valence-electron chi connectivity index (χ2n) is 5.38. The van der Waals surface area contributed by atoms with Gasteiger partial charge in [0.1, 0.15) is 16.7 Å². The molecule has 0 radical (unpaired) electrons. The first-order valence-corrected chi connectivity index (χ1v) is 8.76. The van der Waals surface area contributed by atoms with Crippen LogP contribution in [0.25, 0.3) is 0 Å². The van der Waals surface area contributed by atoms with E-state index in [0.717, 1.165) is 6.92 Å². The number of carboxylic acids is 1. The van der Waals surface area contributed by atoms with Crippen molar-refractivity contribution in [1.29, 1.82) is 0 Å². The Morgan fingerprint density at radius 1 is 1.46 bits per heavy atom. The van der Waals surface area contributed by atoms with E-state index in [9.17, 15) is 18.3 Å². The van der Waals surface area contributed by atoms with Gasteiger partial charge >= 0.3 is 5.97 Å². The Bertz CT molecular complexity index is 690. The van der Waals surface area contributed by atoms with Gasteiger partial charge < -0.3 is 19.7 Å². The van der Waals surface area contributed by atoms with Crippen LogP contribution >= 0.6 is 11.6 Å². The lowest BCUT2D eigenvalue weighted by atomic mass is 10.1. The molecule has 0 spiro atoms. The lowest BCUT2D eigenvalue weighted by molar-refractivity contribution is -0.155. The third kappa shape index (κ3) is 5.60. The number of methoxy groups -OCH3 is 1. The smallest absolute Gasteiger partial charge is 0.336 e. The third-order valence-corrected chi connectivity index (χ3v) is 4.65. The minimum atomic E-state index is -4.16. The lowest BCUT2D eigenvalue weighted by Crippen LogP contribution is -2.46. The lowest BCUT2D eigenvalue weighted by Gasteiger charge is -2.20. The van der Waals surface area contributed by atoms with Crippen LogP contribution in [-0.4, -0.2) is 56.6 Å². The number of rotatable bonds is 9. The predicted octanol–water partition coefficient (Wildman–Crippen LogP) is 0.868. The molecule has 0 saturated carbocycles. The van der Waals surface area contributed by atoms with Crippen LogP contribution in [0.4, 0.5) is 0 Å². The molecule has 2 atom stereocenters. The molecule has 0 fully saturated rings. The number of nitrogens with one attached hydrogen (secondary N) is 1. The Morgan fingerprint density at radius 3 is 2.62 bits per heavy atom. The summed E-state index contributed by atoms with van der Waals surface area (Å²) >= 11 is 5.85. The van der Waals surface area contributed by atoms with Crippen molar-refractivity contribution < 1.29 is 32.9 Å². The zero-order valence-corrected chi connectivity index (χ0v) is 15.0. The van der Waals surface area contributed by atoms with Crippen molar-refractivity contribution in [2.75, 3.05) is 20.3 Å². The molecule has 8 nitrogen and oxygen atoms in total. The molecule has 0 amide bonds. The number of carbonyl (C=O) groups is 1. The van der Waals surface area contributed by atoms with Gasteiger partial charge in [0.2, 0.25) is 10.0 Å². The van der Waals surface area contributed by atoms with E-state index in [1.807, 2.05) is 4.72 Å². The van der Waals surface area contributed by atoms with Gasteiger partial charge in [-0.15, -0.1) is 0 Å². The Kier molecular flexibility index (Phi) is 6.99. The fraction of sp³-hybridized carbons (Fsp3) is 0.500. The summed E-state index contributed by atoms with van der Waals surface area (Å²) in [5.74, 6) is -1.52. The van der Waals surface area contributed by atoms with Crippen LogP contribution in [-0.2, 0) is 19.6 Å². The molecule has 0 aliphatic rings. The van der Waals surface area contributed by atoms with Crippen LogP contribution in [0.5, 0.6) is 5.75 Å².